The maximum atomic E-state index is 13.2. The quantitative estimate of drug-likeness (QED) is 0.420. The summed E-state index contributed by atoms with van der Waals surface area (Å²) in [6.07, 6.45) is -5.59. The normalized spacial score (nSPS) is 24.7. The molecule has 41 heavy (non-hydrogen) atoms. The smallest absolute Gasteiger partial charge is 0.405 e. The largest absolute Gasteiger partial charge is 0.434 e. The number of fused-ring (bicyclic) bond motifs is 1. The van der Waals surface area contributed by atoms with Gasteiger partial charge in [-0.25, -0.2) is 4.98 Å². The highest BCUT2D eigenvalue weighted by Gasteiger charge is 2.55. The highest BCUT2D eigenvalue weighted by molar-refractivity contribution is 6.99. The molecule has 0 radical (unpaired) electrons. The third kappa shape index (κ3) is 5.65. The third-order valence-electron chi connectivity index (χ3n) is 7.77. The fourth-order valence-corrected chi connectivity index (χ4v) is 10.6. The molecule has 3 aromatic rings. The Morgan fingerprint density at radius 1 is 0.951 bits per heavy atom. The van der Waals surface area contributed by atoms with Crippen molar-refractivity contribution in [2.75, 3.05) is 18.9 Å². The molecule has 0 aliphatic carbocycles. The van der Waals surface area contributed by atoms with Crippen LogP contribution < -0.4 is 16.1 Å². The van der Waals surface area contributed by atoms with Gasteiger partial charge in [-0.1, -0.05) is 81.4 Å². The molecule has 1 aromatic heterocycles. The minimum absolute atomic E-state index is 0.111. The highest BCUT2D eigenvalue weighted by Crippen LogP contribution is 2.44. The molecule has 2 aliphatic heterocycles. The van der Waals surface area contributed by atoms with Crippen LogP contribution in [0.5, 0.6) is 0 Å². The summed E-state index contributed by atoms with van der Waals surface area (Å²) in [6.45, 7) is 10.5. The minimum atomic E-state index is -4.65. The average molecular weight is 588 g/mol. The Hall–Kier alpha value is -2.83. The van der Waals surface area contributed by atoms with Crippen molar-refractivity contribution in [1.29, 1.82) is 0 Å². The van der Waals surface area contributed by atoms with Gasteiger partial charge in [0.05, 0.1) is 31.0 Å². The van der Waals surface area contributed by atoms with Crippen molar-refractivity contribution in [2.24, 2.45) is 0 Å². The van der Waals surface area contributed by atoms with Gasteiger partial charge in [0.2, 0.25) is 0 Å². The predicted octanol–water partition coefficient (Wildman–Crippen LogP) is 4.66. The van der Waals surface area contributed by atoms with Crippen LogP contribution in [0.1, 0.15) is 51.9 Å². The SMILES string of the molecule is CC1(C)O[C@@H]2[C@H](O1)[C@@H](c1ncc(C(F)(F)F)nc1N)CO[C@@H]2CO[Si](c1ccccc1)(c1ccccc1)C(C)(C)C. The van der Waals surface area contributed by atoms with Crippen molar-refractivity contribution in [3.63, 3.8) is 0 Å². The number of benzene rings is 2. The number of nitrogens with two attached hydrogens (primary N) is 1. The molecular formula is C30H36F3N3O4Si. The molecule has 220 valence electrons. The number of nitrogen functional groups attached to an aromatic ring is 1. The van der Waals surface area contributed by atoms with Gasteiger partial charge in [-0.15, -0.1) is 0 Å². The van der Waals surface area contributed by atoms with Crippen LogP contribution in [0.4, 0.5) is 19.0 Å². The van der Waals surface area contributed by atoms with Crippen LogP contribution in [-0.4, -0.2) is 55.6 Å². The number of aromatic nitrogens is 2. The molecule has 2 aliphatic rings. The van der Waals surface area contributed by atoms with Gasteiger partial charge in [0, 0.05) is 0 Å². The van der Waals surface area contributed by atoms with Crippen molar-refractivity contribution in [1.82, 2.24) is 9.97 Å². The van der Waals surface area contributed by atoms with Crippen LogP contribution >= 0.6 is 0 Å². The molecule has 2 aromatic carbocycles. The molecule has 0 spiro atoms. The molecule has 2 fully saturated rings. The van der Waals surface area contributed by atoms with E-state index >= 15 is 0 Å². The molecule has 0 saturated carbocycles. The maximum Gasteiger partial charge on any atom is 0.434 e. The zero-order valence-electron chi connectivity index (χ0n) is 23.8. The summed E-state index contributed by atoms with van der Waals surface area (Å²) in [4.78, 5) is 7.62. The number of nitrogens with zero attached hydrogens (tertiary/aromatic N) is 2. The summed E-state index contributed by atoms with van der Waals surface area (Å²) < 4.78 is 65.6. The van der Waals surface area contributed by atoms with E-state index < -0.39 is 50.2 Å². The van der Waals surface area contributed by atoms with Crippen molar-refractivity contribution in [3.05, 3.63) is 78.2 Å². The second-order valence-electron chi connectivity index (χ2n) is 12.0. The van der Waals surface area contributed by atoms with E-state index in [1.165, 1.54) is 0 Å². The first-order valence-electron chi connectivity index (χ1n) is 13.6. The first-order chi connectivity index (χ1) is 19.2. The fourth-order valence-electron chi connectivity index (χ4n) is 6.01. The van der Waals surface area contributed by atoms with E-state index in [0.717, 1.165) is 10.4 Å². The molecule has 11 heteroatoms. The Labute approximate surface area is 239 Å². The molecule has 0 bridgehead atoms. The Kier molecular flexibility index (Phi) is 7.79. The third-order valence-corrected chi connectivity index (χ3v) is 12.8. The van der Waals surface area contributed by atoms with Crippen molar-refractivity contribution >= 4 is 24.5 Å². The van der Waals surface area contributed by atoms with Crippen LogP contribution in [0.25, 0.3) is 0 Å². The van der Waals surface area contributed by atoms with Crippen molar-refractivity contribution < 1.29 is 31.8 Å². The second kappa shape index (κ2) is 10.8. The monoisotopic (exact) mass is 587 g/mol. The van der Waals surface area contributed by atoms with E-state index in [0.29, 0.717) is 6.20 Å². The van der Waals surface area contributed by atoms with E-state index in [9.17, 15) is 13.2 Å². The summed E-state index contributed by atoms with van der Waals surface area (Å²) in [5.41, 5.74) is 5.03. The maximum absolute atomic E-state index is 13.2. The number of hydrogen-bond donors (Lipinski definition) is 1. The number of rotatable bonds is 6. The summed E-state index contributed by atoms with van der Waals surface area (Å²) in [7, 11) is -2.85. The molecule has 2 N–H and O–H groups in total. The summed E-state index contributed by atoms with van der Waals surface area (Å²) >= 11 is 0. The Balaban J connectivity index is 1.46. The zero-order chi connectivity index (χ0) is 29.6. The first kappa shape index (κ1) is 29.7. The Morgan fingerprint density at radius 2 is 1.51 bits per heavy atom. The highest BCUT2D eigenvalue weighted by atomic mass is 28.4. The topological polar surface area (TPSA) is 88.7 Å². The first-order valence-corrected chi connectivity index (χ1v) is 15.6. The molecule has 2 saturated heterocycles. The molecule has 7 nitrogen and oxygen atoms in total. The van der Waals surface area contributed by atoms with E-state index in [1.54, 1.807) is 13.8 Å². The molecule has 4 atom stereocenters. The van der Waals surface area contributed by atoms with Crippen LogP contribution in [0.2, 0.25) is 5.04 Å². The number of ether oxygens (including phenoxy) is 3. The summed E-state index contributed by atoms with van der Waals surface area (Å²) in [6, 6.07) is 20.6. The predicted molar refractivity (Wildman–Crippen MR) is 151 cm³/mol. The molecule has 3 heterocycles. The van der Waals surface area contributed by atoms with Gasteiger partial charge in [-0.2, -0.15) is 13.2 Å². The number of alkyl halides is 3. The molecule has 5 rings (SSSR count). The zero-order valence-corrected chi connectivity index (χ0v) is 24.8. The van der Waals surface area contributed by atoms with Gasteiger partial charge >= 0.3 is 6.18 Å². The number of anilines is 1. The van der Waals surface area contributed by atoms with E-state index in [1.807, 2.05) is 36.4 Å². The van der Waals surface area contributed by atoms with E-state index in [4.69, 9.17) is 24.4 Å². The van der Waals surface area contributed by atoms with Crippen LogP contribution in [-0.2, 0) is 24.8 Å². The van der Waals surface area contributed by atoms with Crippen molar-refractivity contribution in [2.45, 2.75) is 75.9 Å². The minimum Gasteiger partial charge on any atom is -0.405 e. The number of hydrogen-bond acceptors (Lipinski definition) is 7. The number of halogens is 3. The van der Waals surface area contributed by atoms with Crippen LogP contribution in [0.3, 0.4) is 0 Å². The average Bonchev–Trinajstić information content (AvgIpc) is 3.24. The second-order valence-corrected chi connectivity index (χ2v) is 16.3. The Morgan fingerprint density at radius 3 is 2.02 bits per heavy atom. The standard InChI is InChI=1S/C30H36F3N3O4Si/c1-28(2,3)41(19-12-8-6-9-13-19,20-14-10-7-11-15-20)38-18-22-26-25(39-29(4,5)40-26)21(17-37-22)24-27(34)36-23(16-35-24)30(31,32)33/h6-16,21-22,25-26H,17-18H2,1-5H3,(H2,34,36)/t21-,22-,25-,26+/m1/s1. The molecule has 0 amide bonds. The molecule has 0 unspecified atom stereocenters. The van der Waals surface area contributed by atoms with Crippen LogP contribution in [0, 0.1) is 0 Å². The summed E-state index contributed by atoms with van der Waals surface area (Å²) in [5, 5.41) is 2.05. The van der Waals surface area contributed by atoms with Gasteiger partial charge in [0.15, 0.2) is 11.5 Å². The van der Waals surface area contributed by atoms with Gasteiger partial charge in [-0.05, 0) is 29.3 Å². The lowest BCUT2D eigenvalue weighted by molar-refractivity contribution is -0.156. The van der Waals surface area contributed by atoms with Crippen molar-refractivity contribution in [3.8, 4) is 0 Å². The van der Waals surface area contributed by atoms with Crippen LogP contribution in [0.15, 0.2) is 66.9 Å². The fraction of sp³-hybridized carbons (Fsp3) is 0.467. The van der Waals surface area contributed by atoms with Gasteiger partial charge in [-0.3, -0.25) is 4.98 Å². The lowest BCUT2D eigenvalue weighted by Gasteiger charge is -2.45. The Bertz CT molecular complexity index is 1310. The van der Waals surface area contributed by atoms with Gasteiger partial charge in [0.25, 0.3) is 8.32 Å². The van der Waals surface area contributed by atoms with E-state index in [2.05, 4.69) is 55.0 Å². The lowest BCUT2D eigenvalue weighted by atomic mass is 9.89. The van der Waals surface area contributed by atoms with E-state index in [-0.39, 0.29) is 29.8 Å². The lowest BCUT2D eigenvalue weighted by Crippen LogP contribution is -2.67. The molecular weight excluding hydrogens is 551 g/mol. The van der Waals surface area contributed by atoms with Gasteiger partial charge < -0.3 is 24.4 Å². The summed E-state index contributed by atoms with van der Waals surface area (Å²) in [5.74, 6) is -1.83. The van der Waals surface area contributed by atoms with Gasteiger partial charge in [0.1, 0.15) is 24.1 Å².